The van der Waals surface area contributed by atoms with E-state index in [-0.39, 0.29) is 0 Å². The lowest BCUT2D eigenvalue weighted by molar-refractivity contribution is -0.0523. The van der Waals surface area contributed by atoms with E-state index < -0.39 is 23.9 Å². The molecular weight excluding hydrogens is 173 g/mol. The van der Waals surface area contributed by atoms with Crippen LogP contribution in [0.4, 0.5) is 13.2 Å². The molecule has 0 saturated carbocycles. The van der Waals surface area contributed by atoms with Crippen molar-refractivity contribution in [2.24, 2.45) is 0 Å². The molecule has 1 aromatic rings. The molecule has 0 aliphatic heterocycles. The Bertz CT molecular complexity index is 275. The van der Waals surface area contributed by atoms with E-state index in [0.29, 0.717) is 0 Å². The molecule has 66 valence electrons. The average Bonchev–Trinajstić information content (AvgIpc) is 1.98. The molecule has 12 heavy (non-hydrogen) atoms. The molecule has 1 rings (SSSR count). The van der Waals surface area contributed by atoms with E-state index in [4.69, 9.17) is 5.11 Å². The summed E-state index contributed by atoms with van der Waals surface area (Å²) in [6.45, 7) is -3.10. The van der Waals surface area contributed by atoms with Crippen molar-refractivity contribution >= 4 is 0 Å². The van der Waals surface area contributed by atoms with Crippen LogP contribution in [0.1, 0.15) is 0 Å². The number of phenolic OH excluding ortho intramolecular Hbond substituents is 1. The van der Waals surface area contributed by atoms with E-state index in [1.165, 1.54) is 6.07 Å². The summed E-state index contributed by atoms with van der Waals surface area (Å²) >= 11 is 0. The van der Waals surface area contributed by atoms with Gasteiger partial charge in [-0.1, -0.05) is 6.07 Å². The van der Waals surface area contributed by atoms with Crippen molar-refractivity contribution in [3.05, 3.63) is 24.0 Å². The Morgan fingerprint density at radius 2 is 2.00 bits per heavy atom. The van der Waals surface area contributed by atoms with Crippen molar-refractivity contribution < 1.29 is 23.0 Å². The molecule has 0 heterocycles. The first kappa shape index (κ1) is 8.70. The van der Waals surface area contributed by atoms with Crippen molar-refractivity contribution in [2.45, 2.75) is 6.61 Å². The Morgan fingerprint density at radius 3 is 2.58 bits per heavy atom. The van der Waals surface area contributed by atoms with E-state index in [1.54, 1.807) is 0 Å². The Balaban J connectivity index is 2.92. The number of halogens is 3. The zero-order valence-corrected chi connectivity index (χ0v) is 5.80. The standard InChI is InChI=1S/C7H5F3O2/c8-6-4(11)2-1-3-5(6)12-7(9)10/h1-3,7,11H. The third-order valence-corrected chi connectivity index (χ3v) is 1.16. The molecule has 1 N–H and O–H groups in total. The van der Waals surface area contributed by atoms with Gasteiger partial charge in [0.2, 0.25) is 5.82 Å². The maximum atomic E-state index is 12.7. The van der Waals surface area contributed by atoms with E-state index in [2.05, 4.69) is 4.74 Å². The van der Waals surface area contributed by atoms with Crippen LogP contribution in [0.15, 0.2) is 18.2 Å². The normalized spacial score (nSPS) is 10.3. The summed E-state index contributed by atoms with van der Waals surface area (Å²) in [5.74, 6) is -2.56. The molecule has 2 nitrogen and oxygen atoms in total. The zero-order valence-electron chi connectivity index (χ0n) is 5.80. The predicted octanol–water partition coefficient (Wildman–Crippen LogP) is 2.13. The van der Waals surface area contributed by atoms with Crippen LogP contribution in [0, 0.1) is 5.82 Å². The highest BCUT2D eigenvalue weighted by Gasteiger charge is 2.11. The fourth-order valence-corrected chi connectivity index (χ4v) is 0.686. The fraction of sp³-hybridized carbons (Fsp3) is 0.143. The van der Waals surface area contributed by atoms with Gasteiger partial charge in [0.25, 0.3) is 0 Å². The van der Waals surface area contributed by atoms with Crippen LogP contribution in [0.25, 0.3) is 0 Å². The summed E-state index contributed by atoms with van der Waals surface area (Å²) < 4.78 is 39.5. The quantitative estimate of drug-likeness (QED) is 0.751. The lowest BCUT2D eigenvalue weighted by Crippen LogP contribution is -2.03. The number of hydrogen-bond acceptors (Lipinski definition) is 2. The van der Waals surface area contributed by atoms with Gasteiger partial charge in [-0.3, -0.25) is 0 Å². The summed E-state index contributed by atoms with van der Waals surface area (Å²) in [5.41, 5.74) is 0. The molecule has 0 aromatic heterocycles. The third kappa shape index (κ3) is 1.81. The van der Waals surface area contributed by atoms with E-state index in [1.807, 2.05) is 0 Å². The number of phenols is 1. The number of benzene rings is 1. The SMILES string of the molecule is Oc1cccc(OC(F)F)c1F. The van der Waals surface area contributed by atoms with Crippen molar-refractivity contribution in [3.8, 4) is 11.5 Å². The van der Waals surface area contributed by atoms with Gasteiger partial charge in [0.05, 0.1) is 0 Å². The van der Waals surface area contributed by atoms with Crippen LogP contribution in [0.2, 0.25) is 0 Å². The monoisotopic (exact) mass is 178 g/mol. The summed E-state index contributed by atoms with van der Waals surface area (Å²) in [4.78, 5) is 0. The van der Waals surface area contributed by atoms with Crippen molar-refractivity contribution in [3.63, 3.8) is 0 Å². The minimum Gasteiger partial charge on any atom is -0.505 e. The first-order chi connectivity index (χ1) is 5.61. The minimum atomic E-state index is -3.10. The molecule has 0 unspecified atom stereocenters. The minimum absolute atomic E-state index is 0.662. The van der Waals surface area contributed by atoms with Crippen molar-refractivity contribution in [2.75, 3.05) is 0 Å². The molecule has 0 radical (unpaired) electrons. The molecule has 5 heteroatoms. The lowest BCUT2D eigenvalue weighted by atomic mass is 10.3. The van der Waals surface area contributed by atoms with E-state index >= 15 is 0 Å². The Hall–Kier alpha value is -1.39. The number of aromatic hydroxyl groups is 1. The van der Waals surface area contributed by atoms with Gasteiger partial charge in [0.1, 0.15) is 0 Å². The van der Waals surface area contributed by atoms with Crippen LogP contribution in [-0.4, -0.2) is 11.7 Å². The van der Waals surface area contributed by atoms with Gasteiger partial charge in [0.15, 0.2) is 11.5 Å². The van der Waals surface area contributed by atoms with Gasteiger partial charge in [-0.15, -0.1) is 0 Å². The Labute approximate surface area is 66.2 Å². The smallest absolute Gasteiger partial charge is 0.387 e. The van der Waals surface area contributed by atoms with Crippen LogP contribution in [0.3, 0.4) is 0 Å². The van der Waals surface area contributed by atoms with Gasteiger partial charge in [-0.05, 0) is 12.1 Å². The maximum Gasteiger partial charge on any atom is 0.387 e. The van der Waals surface area contributed by atoms with Gasteiger partial charge >= 0.3 is 6.61 Å². The molecular formula is C7H5F3O2. The predicted molar refractivity (Wildman–Crippen MR) is 34.7 cm³/mol. The molecule has 0 amide bonds. The second-order valence-electron chi connectivity index (χ2n) is 1.97. The van der Waals surface area contributed by atoms with Crippen LogP contribution < -0.4 is 4.74 Å². The highest BCUT2D eigenvalue weighted by Crippen LogP contribution is 2.25. The number of hydrogen-bond donors (Lipinski definition) is 1. The second-order valence-corrected chi connectivity index (χ2v) is 1.97. The fourth-order valence-electron chi connectivity index (χ4n) is 0.686. The van der Waals surface area contributed by atoms with Crippen LogP contribution >= 0.6 is 0 Å². The zero-order chi connectivity index (χ0) is 9.14. The highest BCUT2D eigenvalue weighted by atomic mass is 19.3. The van der Waals surface area contributed by atoms with Crippen molar-refractivity contribution in [1.29, 1.82) is 0 Å². The number of alkyl halides is 2. The average molecular weight is 178 g/mol. The largest absolute Gasteiger partial charge is 0.505 e. The Kier molecular flexibility index (Phi) is 2.42. The lowest BCUT2D eigenvalue weighted by Gasteiger charge is -2.05. The van der Waals surface area contributed by atoms with Gasteiger partial charge in [-0.2, -0.15) is 13.2 Å². The summed E-state index contributed by atoms with van der Waals surface area (Å²) in [6, 6.07) is 3.24. The van der Waals surface area contributed by atoms with Crippen LogP contribution in [0.5, 0.6) is 11.5 Å². The van der Waals surface area contributed by atoms with Gasteiger partial charge in [0, 0.05) is 0 Å². The third-order valence-electron chi connectivity index (χ3n) is 1.16. The molecule has 0 fully saturated rings. The number of rotatable bonds is 2. The van der Waals surface area contributed by atoms with Crippen molar-refractivity contribution in [1.82, 2.24) is 0 Å². The molecule has 0 saturated heterocycles. The molecule has 1 aromatic carbocycles. The van der Waals surface area contributed by atoms with Gasteiger partial charge in [-0.25, -0.2) is 0 Å². The molecule has 0 bridgehead atoms. The molecule has 0 aliphatic rings. The van der Waals surface area contributed by atoms with Crippen LogP contribution in [-0.2, 0) is 0 Å². The summed E-state index contributed by atoms with van der Waals surface area (Å²) in [7, 11) is 0. The first-order valence-electron chi connectivity index (χ1n) is 3.03. The first-order valence-corrected chi connectivity index (χ1v) is 3.03. The topological polar surface area (TPSA) is 29.5 Å². The Morgan fingerprint density at radius 1 is 1.33 bits per heavy atom. The maximum absolute atomic E-state index is 12.7. The molecule has 0 spiro atoms. The molecule has 0 aliphatic carbocycles. The van der Waals surface area contributed by atoms with E-state index in [9.17, 15) is 13.2 Å². The summed E-state index contributed by atoms with van der Waals surface area (Å²) in [6.07, 6.45) is 0. The van der Waals surface area contributed by atoms with Gasteiger partial charge < -0.3 is 9.84 Å². The van der Waals surface area contributed by atoms with E-state index in [0.717, 1.165) is 12.1 Å². The highest BCUT2D eigenvalue weighted by molar-refractivity contribution is 5.34. The number of ether oxygens (including phenoxy) is 1. The second kappa shape index (κ2) is 3.34. The molecule has 0 atom stereocenters. The summed E-state index contributed by atoms with van der Waals surface area (Å²) in [5, 5.41) is 8.71.